The minimum absolute atomic E-state index is 0.133. The predicted octanol–water partition coefficient (Wildman–Crippen LogP) is 2.39. The molecular weight excluding hydrogens is 380 g/mol. The molecule has 1 saturated heterocycles. The first-order chi connectivity index (χ1) is 13.5. The molecule has 4 heterocycles. The van der Waals surface area contributed by atoms with E-state index < -0.39 is 5.97 Å². The summed E-state index contributed by atoms with van der Waals surface area (Å²) < 4.78 is 5.37. The molecule has 0 atom stereocenters. The number of aromatic amines is 1. The van der Waals surface area contributed by atoms with Gasteiger partial charge in [0.1, 0.15) is 21.3 Å². The van der Waals surface area contributed by atoms with Gasteiger partial charge in [0.05, 0.1) is 24.3 Å². The summed E-state index contributed by atoms with van der Waals surface area (Å²) in [4.78, 5) is 38.1. The quantitative estimate of drug-likeness (QED) is 0.695. The molecule has 9 heteroatoms. The summed E-state index contributed by atoms with van der Waals surface area (Å²) in [5.74, 6) is 0.178. The fraction of sp³-hybridized carbons (Fsp3) is 0.263. The van der Waals surface area contributed by atoms with Gasteiger partial charge in [-0.3, -0.25) is 4.79 Å². The van der Waals surface area contributed by atoms with E-state index in [2.05, 4.69) is 19.9 Å². The summed E-state index contributed by atoms with van der Waals surface area (Å²) in [6, 6.07) is 5.75. The van der Waals surface area contributed by atoms with Crippen LogP contribution in [0.2, 0.25) is 0 Å². The molecule has 0 saturated carbocycles. The van der Waals surface area contributed by atoms with Crippen LogP contribution in [0.1, 0.15) is 26.8 Å². The Morgan fingerprint density at radius 2 is 2.07 bits per heavy atom. The Hall–Kier alpha value is -3.04. The first kappa shape index (κ1) is 18.3. The molecule has 0 radical (unpaired) electrons. The lowest BCUT2D eigenvalue weighted by atomic mass is 10.2. The van der Waals surface area contributed by atoms with Crippen LogP contribution in [0.4, 0.5) is 5.82 Å². The van der Waals surface area contributed by atoms with Crippen molar-refractivity contribution in [1.82, 2.24) is 15.0 Å². The first-order valence-electron chi connectivity index (χ1n) is 8.77. The molecule has 1 aliphatic heterocycles. The number of carbonyl (C=O) groups is 1. The monoisotopic (exact) mass is 398 g/mol. The molecule has 0 amide bonds. The van der Waals surface area contributed by atoms with Crippen molar-refractivity contribution in [3.05, 3.63) is 50.5 Å². The zero-order valence-corrected chi connectivity index (χ0v) is 16.0. The van der Waals surface area contributed by atoms with Crippen molar-refractivity contribution in [2.45, 2.75) is 6.92 Å². The van der Waals surface area contributed by atoms with Gasteiger partial charge in [0, 0.05) is 13.1 Å². The number of aromatic carboxylic acids is 1. The molecule has 1 aliphatic rings. The van der Waals surface area contributed by atoms with Crippen molar-refractivity contribution in [3.8, 4) is 0 Å². The number of nitrogens with zero attached hydrogens (tertiary/aromatic N) is 3. The molecule has 0 aliphatic carbocycles. The molecule has 28 heavy (non-hydrogen) atoms. The van der Waals surface area contributed by atoms with E-state index >= 15 is 0 Å². The van der Waals surface area contributed by atoms with E-state index in [1.807, 2.05) is 18.2 Å². The number of H-pyrrole nitrogens is 1. The molecule has 1 fully saturated rings. The van der Waals surface area contributed by atoms with Gasteiger partial charge in [-0.25, -0.2) is 14.8 Å². The van der Waals surface area contributed by atoms with Crippen molar-refractivity contribution in [2.24, 2.45) is 0 Å². The number of anilines is 1. The van der Waals surface area contributed by atoms with Gasteiger partial charge < -0.3 is 19.7 Å². The predicted molar refractivity (Wildman–Crippen MR) is 108 cm³/mol. The number of morpholine rings is 1. The minimum Gasteiger partial charge on any atom is -0.477 e. The highest BCUT2D eigenvalue weighted by Gasteiger charge is 2.18. The van der Waals surface area contributed by atoms with Crippen LogP contribution < -0.4 is 10.5 Å². The Labute approximate surface area is 164 Å². The van der Waals surface area contributed by atoms with E-state index in [0.717, 1.165) is 35.9 Å². The van der Waals surface area contributed by atoms with Crippen LogP contribution in [0.15, 0.2) is 23.0 Å². The summed E-state index contributed by atoms with van der Waals surface area (Å²) in [7, 11) is 0. The van der Waals surface area contributed by atoms with Gasteiger partial charge in [-0.15, -0.1) is 11.3 Å². The molecule has 0 spiro atoms. The molecule has 3 aromatic rings. The third kappa shape index (κ3) is 3.54. The van der Waals surface area contributed by atoms with Crippen LogP contribution in [0.3, 0.4) is 0 Å². The zero-order chi connectivity index (χ0) is 19.7. The largest absolute Gasteiger partial charge is 0.477 e. The topological polar surface area (TPSA) is 108 Å². The van der Waals surface area contributed by atoms with Crippen LogP contribution in [0.5, 0.6) is 0 Å². The van der Waals surface area contributed by atoms with Crippen molar-refractivity contribution >= 4 is 45.5 Å². The Morgan fingerprint density at radius 1 is 1.29 bits per heavy atom. The number of rotatable bonds is 4. The number of aromatic nitrogens is 3. The zero-order valence-electron chi connectivity index (χ0n) is 15.1. The van der Waals surface area contributed by atoms with E-state index in [0.29, 0.717) is 34.8 Å². The van der Waals surface area contributed by atoms with E-state index in [1.54, 1.807) is 19.1 Å². The van der Waals surface area contributed by atoms with Crippen LogP contribution in [-0.2, 0) is 4.74 Å². The van der Waals surface area contributed by atoms with Gasteiger partial charge in [-0.2, -0.15) is 0 Å². The Bertz CT molecular complexity index is 1130. The number of carboxylic acids is 1. The van der Waals surface area contributed by atoms with E-state index in [9.17, 15) is 14.7 Å². The van der Waals surface area contributed by atoms with Crippen LogP contribution in [0.25, 0.3) is 22.4 Å². The second-order valence-corrected chi connectivity index (χ2v) is 7.35. The third-order valence-corrected chi connectivity index (χ3v) is 5.69. The normalized spacial score (nSPS) is 14.8. The van der Waals surface area contributed by atoms with E-state index in [-0.39, 0.29) is 10.4 Å². The molecule has 2 N–H and O–H groups in total. The summed E-state index contributed by atoms with van der Waals surface area (Å²) in [5.41, 5.74) is 0.831. The van der Waals surface area contributed by atoms with E-state index in [4.69, 9.17) is 4.74 Å². The highest BCUT2D eigenvalue weighted by molar-refractivity contribution is 7.20. The highest BCUT2D eigenvalue weighted by Crippen LogP contribution is 2.27. The maximum absolute atomic E-state index is 12.4. The van der Waals surface area contributed by atoms with Gasteiger partial charge >= 0.3 is 5.97 Å². The number of pyridine rings is 1. The number of hydrogen-bond acceptors (Lipinski definition) is 7. The minimum atomic E-state index is -1.05. The fourth-order valence-corrected chi connectivity index (χ4v) is 4.14. The second kappa shape index (κ2) is 7.53. The molecule has 0 unspecified atom stereocenters. The summed E-state index contributed by atoms with van der Waals surface area (Å²) in [6.45, 7) is 4.59. The third-order valence-electron chi connectivity index (χ3n) is 4.52. The van der Waals surface area contributed by atoms with Crippen LogP contribution in [0, 0.1) is 6.92 Å². The second-order valence-electron chi connectivity index (χ2n) is 6.35. The molecule has 144 valence electrons. The van der Waals surface area contributed by atoms with Gasteiger partial charge in [0.25, 0.3) is 5.56 Å². The van der Waals surface area contributed by atoms with Crippen molar-refractivity contribution in [1.29, 1.82) is 0 Å². The van der Waals surface area contributed by atoms with Crippen LogP contribution >= 0.6 is 11.3 Å². The number of thiophene rings is 1. The molecular formula is C19H18N4O4S. The average molecular weight is 398 g/mol. The van der Waals surface area contributed by atoms with Crippen molar-refractivity contribution in [2.75, 3.05) is 31.2 Å². The first-order valence-corrected chi connectivity index (χ1v) is 9.59. The van der Waals surface area contributed by atoms with Crippen molar-refractivity contribution in [3.63, 3.8) is 0 Å². The molecule has 8 nitrogen and oxygen atoms in total. The Morgan fingerprint density at radius 3 is 2.82 bits per heavy atom. The summed E-state index contributed by atoms with van der Waals surface area (Å²) in [5, 5.41) is 9.57. The lowest BCUT2D eigenvalue weighted by Gasteiger charge is -2.27. The van der Waals surface area contributed by atoms with E-state index in [1.165, 1.54) is 0 Å². The number of ether oxygens (including phenoxy) is 1. The summed E-state index contributed by atoms with van der Waals surface area (Å²) >= 11 is 1.00. The number of fused-ring (bicyclic) bond motifs is 1. The maximum Gasteiger partial charge on any atom is 0.346 e. The SMILES string of the molecule is Cc1c(C(=O)O)sc2nc(/C=C/c3cccc(N4CCOCC4)n3)[nH]c(=O)c12. The highest BCUT2D eigenvalue weighted by atomic mass is 32.1. The lowest BCUT2D eigenvalue weighted by molar-refractivity contribution is 0.0701. The van der Waals surface area contributed by atoms with Gasteiger partial charge in [0.15, 0.2) is 0 Å². The number of carboxylic acid groups (broad SMARTS) is 1. The van der Waals surface area contributed by atoms with Gasteiger partial charge in [-0.05, 0) is 36.8 Å². The molecule has 0 aromatic carbocycles. The van der Waals surface area contributed by atoms with Gasteiger partial charge in [-0.1, -0.05) is 6.07 Å². The van der Waals surface area contributed by atoms with Crippen molar-refractivity contribution < 1.29 is 14.6 Å². The average Bonchev–Trinajstić information content (AvgIpc) is 3.04. The van der Waals surface area contributed by atoms with Gasteiger partial charge in [0.2, 0.25) is 0 Å². The number of aryl methyl sites for hydroxylation is 1. The Balaban J connectivity index is 1.64. The standard InChI is InChI=1S/C19H18N4O4S/c1-11-15-17(24)21-13(22-18(15)28-16(11)19(25)26)6-5-12-3-2-4-14(20-12)23-7-9-27-10-8-23/h2-6H,7-10H2,1H3,(H,25,26)(H,21,22,24)/b6-5+. The number of hydrogen-bond donors (Lipinski definition) is 2. The Kier molecular flexibility index (Phi) is 4.93. The summed E-state index contributed by atoms with van der Waals surface area (Å²) in [6.07, 6.45) is 3.44. The fourth-order valence-electron chi connectivity index (χ4n) is 3.11. The molecule has 0 bridgehead atoms. The van der Waals surface area contributed by atoms with Crippen LogP contribution in [-0.4, -0.2) is 52.3 Å². The smallest absolute Gasteiger partial charge is 0.346 e. The molecule has 4 rings (SSSR count). The molecule has 3 aromatic heterocycles. The lowest BCUT2D eigenvalue weighted by Crippen LogP contribution is -2.36. The maximum atomic E-state index is 12.4. The number of nitrogens with one attached hydrogen (secondary N) is 1.